The molecule has 7 heteroatoms. The third kappa shape index (κ3) is 3.08. The zero-order chi connectivity index (χ0) is 18.9. The summed E-state index contributed by atoms with van der Waals surface area (Å²) in [5.74, 6) is 0.524. The first-order chi connectivity index (χ1) is 13.8. The molecule has 0 bridgehead atoms. The molecule has 1 amide bonds. The number of fused-ring (bicyclic) bond motifs is 2. The number of nitrogens with one attached hydrogen (secondary N) is 1. The fourth-order valence-corrected chi connectivity index (χ4v) is 4.53. The Morgan fingerprint density at radius 2 is 2.18 bits per heavy atom. The zero-order valence-corrected chi connectivity index (χ0v) is 15.9. The molecule has 0 fully saturated rings. The summed E-state index contributed by atoms with van der Waals surface area (Å²) in [5.41, 5.74) is 3.42. The van der Waals surface area contributed by atoms with Crippen LogP contribution in [0.5, 0.6) is 0 Å². The van der Waals surface area contributed by atoms with Crippen molar-refractivity contribution in [3.05, 3.63) is 70.7 Å². The van der Waals surface area contributed by atoms with Gasteiger partial charge >= 0.3 is 0 Å². The van der Waals surface area contributed by atoms with Crippen LogP contribution in [-0.2, 0) is 16.0 Å². The molecule has 0 saturated heterocycles. The maximum Gasteiger partial charge on any atom is 0.228 e. The van der Waals surface area contributed by atoms with Crippen LogP contribution >= 0.6 is 11.3 Å². The van der Waals surface area contributed by atoms with E-state index in [0.29, 0.717) is 18.1 Å². The molecule has 5 rings (SSSR count). The van der Waals surface area contributed by atoms with Crippen LogP contribution in [0.15, 0.2) is 60.2 Å². The predicted octanol–water partition coefficient (Wildman–Crippen LogP) is 4.10. The summed E-state index contributed by atoms with van der Waals surface area (Å²) in [4.78, 5) is 23.1. The average molecular weight is 390 g/mol. The topological polar surface area (TPSA) is 68.5 Å². The van der Waals surface area contributed by atoms with E-state index in [1.807, 2.05) is 47.0 Å². The van der Waals surface area contributed by atoms with Crippen LogP contribution < -0.4 is 5.32 Å². The molecule has 1 N–H and O–H groups in total. The molecule has 0 aliphatic carbocycles. The predicted molar refractivity (Wildman–Crippen MR) is 108 cm³/mol. The summed E-state index contributed by atoms with van der Waals surface area (Å²) in [6.07, 6.45) is 4.60. The van der Waals surface area contributed by atoms with Crippen LogP contribution in [0, 0.1) is 0 Å². The first kappa shape index (κ1) is 17.1. The van der Waals surface area contributed by atoms with E-state index in [9.17, 15) is 4.79 Å². The molecule has 0 radical (unpaired) electrons. The maximum absolute atomic E-state index is 12.9. The van der Waals surface area contributed by atoms with Gasteiger partial charge in [-0.15, -0.1) is 11.3 Å². The van der Waals surface area contributed by atoms with E-state index in [1.165, 1.54) is 5.56 Å². The monoisotopic (exact) mass is 390 g/mol. The summed E-state index contributed by atoms with van der Waals surface area (Å²) in [6, 6.07) is 13.5. The van der Waals surface area contributed by atoms with Crippen molar-refractivity contribution in [1.29, 1.82) is 0 Å². The van der Waals surface area contributed by atoms with Crippen molar-refractivity contribution in [2.24, 2.45) is 0 Å². The first-order valence-corrected chi connectivity index (χ1v) is 10.0. The number of aromatic nitrogens is 3. The van der Waals surface area contributed by atoms with Crippen LogP contribution in [-0.4, -0.2) is 26.9 Å². The molecule has 0 unspecified atom stereocenters. The van der Waals surface area contributed by atoms with Crippen molar-refractivity contribution in [3.63, 3.8) is 0 Å². The number of amides is 1. The van der Waals surface area contributed by atoms with E-state index in [0.717, 1.165) is 22.6 Å². The maximum atomic E-state index is 12.9. The summed E-state index contributed by atoms with van der Waals surface area (Å²) < 4.78 is 7.74. The summed E-state index contributed by atoms with van der Waals surface area (Å²) >= 11 is 1.65. The van der Waals surface area contributed by atoms with Crippen molar-refractivity contribution in [2.45, 2.75) is 18.9 Å². The highest BCUT2D eigenvalue weighted by atomic mass is 32.1. The smallest absolute Gasteiger partial charge is 0.228 e. The van der Waals surface area contributed by atoms with Gasteiger partial charge < -0.3 is 10.1 Å². The highest BCUT2D eigenvalue weighted by Crippen LogP contribution is 2.34. The quantitative estimate of drug-likeness (QED) is 0.570. The summed E-state index contributed by atoms with van der Waals surface area (Å²) in [7, 11) is 0. The Bertz CT molecular complexity index is 1140. The van der Waals surface area contributed by atoms with E-state index in [1.54, 1.807) is 17.5 Å². The van der Waals surface area contributed by atoms with Crippen molar-refractivity contribution in [3.8, 4) is 11.4 Å². The Kier molecular flexibility index (Phi) is 4.38. The minimum atomic E-state index is -0.193. The fourth-order valence-electron chi connectivity index (χ4n) is 3.52. The molecule has 1 aliphatic heterocycles. The molecule has 0 aromatic carbocycles. The van der Waals surface area contributed by atoms with Crippen molar-refractivity contribution < 1.29 is 9.53 Å². The van der Waals surface area contributed by atoms with Gasteiger partial charge in [0.15, 0.2) is 0 Å². The van der Waals surface area contributed by atoms with Gasteiger partial charge in [0.1, 0.15) is 23.3 Å². The van der Waals surface area contributed by atoms with Crippen LogP contribution in [0.3, 0.4) is 0 Å². The second-order valence-corrected chi connectivity index (χ2v) is 7.57. The Labute approximate surface area is 165 Å². The molecule has 6 nitrogen and oxygen atoms in total. The van der Waals surface area contributed by atoms with Gasteiger partial charge in [-0.05, 0) is 47.7 Å². The number of carbonyl (C=O) groups excluding carboxylic acids is 1. The largest absolute Gasteiger partial charge is 0.372 e. The molecule has 1 aliphatic rings. The normalized spacial score (nSPS) is 16.1. The van der Waals surface area contributed by atoms with E-state index in [2.05, 4.69) is 26.7 Å². The van der Waals surface area contributed by atoms with Crippen LogP contribution in [0.1, 0.15) is 23.0 Å². The Hall–Kier alpha value is -3.03. The highest BCUT2D eigenvalue weighted by Gasteiger charge is 2.26. The van der Waals surface area contributed by atoms with Gasteiger partial charge in [-0.1, -0.05) is 12.1 Å². The van der Waals surface area contributed by atoms with Crippen LogP contribution in [0.2, 0.25) is 0 Å². The van der Waals surface area contributed by atoms with Gasteiger partial charge in [0.05, 0.1) is 18.7 Å². The molecule has 5 heterocycles. The van der Waals surface area contributed by atoms with E-state index in [-0.39, 0.29) is 18.4 Å². The third-order valence-electron chi connectivity index (χ3n) is 4.83. The van der Waals surface area contributed by atoms with Crippen LogP contribution in [0.25, 0.3) is 17.0 Å². The van der Waals surface area contributed by atoms with Gasteiger partial charge in [-0.2, -0.15) is 0 Å². The molecule has 0 saturated carbocycles. The lowest BCUT2D eigenvalue weighted by molar-refractivity contribution is -0.119. The zero-order valence-electron chi connectivity index (χ0n) is 15.0. The number of hydrogen-bond acceptors (Lipinski definition) is 5. The number of ether oxygens (including phenoxy) is 1. The summed E-state index contributed by atoms with van der Waals surface area (Å²) in [5, 5.41) is 5.11. The average Bonchev–Trinajstić information content (AvgIpc) is 3.34. The molecule has 140 valence electrons. The first-order valence-electron chi connectivity index (χ1n) is 9.16. The van der Waals surface area contributed by atoms with Gasteiger partial charge in [0, 0.05) is 17.3 Å². The molecular formula is C21H18N4O2S. The second kappa shape index (κ2) is 7.18. The van der Waals surface area contributed by atoms with Crippen molar-refractivity contribution in [2.75, 3.05) is 11.9 Å². The van der Waals surface area contributed by atoms with Crippen molar-refractivity contribution >= 4 is 28.7 Å². The lowest BCUT2D eigenvalue weighted by Crippen LogP contribution is -2.21. The number of imidazole rings is 1. The Morgan fingerprint density at radius 1 is 1.25 bits per heavy atom. The minimum Gasteiger partial charge on any atom is -0.372 e. The van der Waals surface area contributed by atoms with E-state index < -0.39 is 0 Å². The molecule has 0 spiro atoms. The second-order valence-electron chi connectivity index (χ2n) is 6.62. The fraction of sp³-hybridized carbons (Fsp3) is 0.190. The highest BCUT2D eigenvalue weighted by molar-refractivity contribution is 7.10. The lowest BCUT2D eigenvalue weighted by atomic mass is 10.1. The molecule has 4 aromatic heterocycles. The number of rotatable bonds is 4. The Balaban J connectivity index is 1.46. The van der Waals surface area contributed by atoms with Gasteiger partial charge in [-0.3, -0.25) is 14.2 Å². The van der Waals surface area contributed by atoms with Gasteiger partial charge in [0.25, 0.3) is 0 Å². The number of carbonyl (C=O) groups is 1. The number of thiophene rings is 1. The molecule has 4 aromatic rings. The molecule has 1 atom stereocenters. The summed E-state index contributed by atoms with van der Waals surface area (Å²) in [6.45, 7) is 0.649. The van der Waals surface area contributed by atoms with Crippen molar-refractivity contribution in [1.82, 2.24) is 14.4 Å². The van der Waals surface area contributed by atoms with E-state index in [4.69, 9.17) is 4.74 Å². The lowest BCUT2D eigenvalue weighted by Gasteiger charge is -2.22. The number of anilines is 1. The SMILES string of the molecule is O=C(C[C@H]1OCCc2ccsc21)Nc1c(-c2ccccn2)nc2ccccn12. The number of nitrogens with zero attached hydrogens (tertiary/aromatic N) is 3. The minimum absolute atomic E-state index is 0.103. The third-order valence-corrected chi connectivity index (χ3v) is 5.88. The van der Waals surface area contributed by atoms with E-state index >= 15 is 0 Å². The van der Waals surface area contributed by atoms with Gasteiger partial charge in [-0.25, -0.2) is 4.98 Å². The number of hydrogen-bond donors (Lipinski definition) is 1. The number of pyridine rings is 2. The van der Waals surface area contributed by atoms with Gasteiger partial charge in [0.2, 0.25) is 5.91 Å². The molecule has 28 heavy (non-hydrogen) atoms. The van der Waals surface area contributed by atoms with Crippen LogP contribution in [0.4, 0.5) is 5.82 Å². The standard InChI is InChI=1S/C21H18N4O2S/c26-18(13-16-20-14(7-11-27-16)8-12-28-20)24-21-19(15-5-1-3-9-22-15)23-17-6-2-4-10-25(17)21/h1-6,8-10,12,16H,7,11,13H2,(H,24,26)/t16-/m1/s1. The Morgan fingerprint density at radius 3 is 3.07 bits per heavy atom. The molecular weight excluding hydrogens is 372 g/mol.